The quantitative estimate of drug-likeness (QED) is 0.761. The first kappa shape index (κ1) is 13.7. The van der Waals surface area contributed by atoms with Gasteiger partial charge >= 0.3 is 0 Å². The van der Waals surface area contributed by atoms with E-state index in [1.165, 1.54) is 13.1 Å². The Kier molecular flexibility index (Phi) is 3.47. The van der Waals surface area contributed by atoms with Gasteiger partial charge in [0.2, 0.25) is 0 Å². The number of H-pyrrole nitrogens is 1. The lowest BCUT2D eigenvalue weighted by Gasteiger charge is -1.98. The summed E-state index contributed by atoms with van der Waals surface area (Å²) >= 11 is 0. The normalized spacial score (nSPS) is 12.9. The Morgan fingerprint density at radius 2 is 1.95 bits per heavy atom. The molecule has 0 aliphatic heterocycles. The molecule has 2 rings (SSSR count). The highest BCUT2D eigenvalue weighted by molar-refractivity contribution is 5.50. The summed E-state index contributed by atoms with van der Waals surface area (Å²) in [6.45, 7) is 0. The van der Waals surface area contributed by atoms with Crippen LogP contribution in [0.5, 0.6) is 5.75 Å². The van der Waals surface area contributed by atoms with Crippen LogP contribution in [-0.4, -0.2) is 14.7 Å². The molecule has 0 spiro atoms. The fourth-order valence-electron chi connectivity index (χ4n) is 1.67. The molecule has 1 heterocycles. The van der Waals surface area contributed by atoms with Crippen molar-refractivity contribution in [1.29, 1.82) is 0 Å². The Balaban J connectivity index is 2.69. The molecule has 0 atom stereocenters. The third-order valence-electron chi connectivity index (χ3n) is 2.68. The van der Waals surface area contributed by atoms with Crippen molar-refractivity contribution in [2.24, 2.45) is 12.2 Å². The highest BCUT2D eigenvalue weighted by Gasteiger charge is 2.08. The summed E-state index contributed by atoms with van der Waals surface area (Å²) in [5, 5.41) is 11.5. The molecule has 0 saturated carbocycles. The number of aromatic hydroxyl groups is 1. The Hall–Kier alpha value is -2.77. The van der Waals surface area contributed by atoms with Gasteiger partial charge in [-0.05, 0) is 28.9 Å². The minimum absolute atomic E-state index is 0.0203. The van der Waals surface area contributed by atoms with Crippen LogP contribution in [0, 0.1) is 16.5 Å². The molecule has 2 N–H and O–H groups in total. The van der Waals surface area contributed by atoms with Crippen LogP contribution in [0.2, 0.25) is 0 Å². The maximum atomic E-state index is 13.2. The van der Waals surface area contributed by atoms with Crippen LogP contribution in [0.4, 0.5) is 8.78 Å². The summed E-state index contributed by atoms with van der Waals surface area (Å²) in [5.41, 5.74) is -0.299. The van der Waals surface area contributed by atoms with Gasteiger partial charge in [0, 0.05) is 7.05 Å². The van der Waals surface area contributed by atoms with Crippen molar-refractivity contribution in [3.63, 3.8) is 0 Å². The van der Waals surface area contributed by atoms with Gasteiger partial charge < -0.3 is 10.1 Å². The molecule has 0 saturated heterocycles. The predicted octanol–water partition coefficient (Wildman–Crippen LogP) is 0.0304. The number of hydrogen-bond acceptors (Lipinski definition) is 4. The maximum absolute atomic E-state index is 13.2. The molecule has 0 aliphatic rings. The first-order valence-electron chi connectivity index (χ1n) is 5.41. The Labute approximate surface area is 110 Å². The van der Waals surface area contributed by atoms with E-state index in [-0.39, 0.29) is 16.4 Å². The molecule has 20 heavy (non-hydrogen) atoms. The van der Waals surface area contributed by atoms with Gasteiger partial charge in [-0.3, -0.25) is 9.36 Å². The highest BCUT2D eigenvalue weighted by atomic mass is 19.1. The second-order valence-corrected chi connectivity index (χ2v) is 4.00. The van der Waals surface area contributed by atoms with Crippen LogP contribution in [0.1, 0.15) is 5.56 Å². The number of aromatic nitrogens is 2. The molecular formula is C12H9F2N3O3. The molecule has 0 radical (unpaired) electrons. The fraction of sp³-hybridized carbons (Fsp3) is 0.0833. The topological polar surface area (TPSA) is 87.4 Å². The number of rotatable bonds is 2. The molecule has 2 aromatic rings. The number of hydrogen-bond donors (Lipinski definition) is 2. The molecule has 0 bridgehead atoms. The Bertz CT molecular complexity index is 829. The van der Waals surface area contributed by atoms with E-state index in [0.717, 1.165) is 22.9 Å². The molecule has 0 fully saturated rings. The van der Waals surface area contributed by atoms with Crippen LogP contribution in [0.15, 0.2) is 22.1 Å². The van der Waals surface area contributed by atoms with E-state index in [9.17, 15) is 18.5 Å². The monoisotopic (exact) mass is 281 g/mol. The second kappa shape index (κ2) is 5.08. The van der Waals surface area contributed by atoms with E-state index < -0.39 is 22.9 Å². The lowest BCUT2D eigenvalue weighted by molar-refractivity contribution is 0.396. The van der Waals surface area contributed by atoms with Crippen LogP contribution in [0.3, 0.4) is 0 Å². The largest absolute Gasteiger partial charge is 0.503 e. The summed E-state index contributed by atoms with van der Waals surface area (Å²) in [6, 6.07) is 1.75. The highest BCUT2D eigenvalue weighted by Crippen LogP contribution is 2.21. The zero-order valence-corrected chi connectivity index (χ0v) is 10.2. The molecule has 104 valence electrons. The number of imidazole rings is 1. The molecule has 0 unspecified atom stereocenters. The van der Waals surface area contributed by atoms with E-state index in [1.54, 1.807) is 0 Å². The fourth-order valence-corrected chi connectivity index (χ4v) is 1.67. The summed E-state index contributed by atoms with van der Waals surface area (Å²) in [7, 11) is 1.41. The second-order valence-electron chi connectivity index (χ2n) is 4.00. The number of halogens is 2. The lowest BCUT2D eigenvalue weighted by atomic mass is 10.2. The van der Waals surface area contributed by atoms with Crippen molar-refractivity contribution in [3.05, 3.63) is 55.4 Å². The third kappa shape index (κ3) is 2.35. The Morgan fingerprint density at radius 1 is 1.35 bits per heavy atom. The molecule has 8 heteroatoms. The minimum Gasteiger partial charge on any atom is -0.503 e. The zero-order valence-electron chi connectivity index (χ0n) is 10.2. The van der Waals surface area contributed by atoms with Gasteiger partial charge in [-0.25, -0.2) is 8.78 Å². The van der Waals surface area contributed by atoms with Crippen molar-refractivity contribution < 1.29 is 13.9 Å². The van der Waals surface area contributed by atoms with Crippen LogP contribution >= 0.6 is 0 Å². The number of nitroso groups, excluding NO2 is 1. The first-order valence-corrected chi connectivity index (χ1v) is 5.41. The van der Waals surface area contributed by atoms with E-state index in [2.05, 4.69) is 10.2 Å². The standard InChI is InChI=1S/C12H9F2N3O3/c1-17-10(5-15-20)16-9(12(17)19)4-6-2-7(13)11(18)8(14)3-6/h2-5,16,18H,1H3/b9-4?,10-5-. The van der Waals surface area contributed by atoms with Crippen molar-refractivity contribution in [2.45, 2.75) is 0 Å². The third-order valence-corrected chi connectivity index (χ3v) is 2.68. The van der Waals surface area contributed by atoms with Gasteiger partial charge in [0.05, 0.1) is 0 Å². The average molecular weight is 281 g/mol. The summed E-state index contributed by atoms with van der Waals surface area (Å²) in [5.74, 6) is -3.36. The van der Waals surface area contributed by atoms with Crippen LogP contribution in [0.25, 0.3) is 12.3 Å². The molecule has 1 aromatic heterocycles. The molecule has 1 aromatic carbocycles. The van der Waals surface area contributed by atoms with Gasteiger partial charge in [0.25, 0.3) is 5.56 Å². The molecule has 6 nitrogen and oxygen atoms in total. The number of phenolic OH excluding ortho intramolecular Hbond substituents is 1. The van der Waals surface area contributed by atoms with E-state index in [0.29, 0.717) is 0 Å². The molecule has 0 aliphatic carbocycles. The SMILES string of the molecule is Cn1c(=O)c(=Cc2cc(F)c(O)c(F)c2)[nH]/c1=C/N=O. The number of aromatic amines is 1. The van der Waals surface area contributed by atoms with Crippen molar-refractivity contribution in [3.8, 4) is 5.75 Å². The number of nitrogens with one attached hydrogen (secondary N) is 1. The van der Waals surface area contributed by atoms with E-state index in [1.807, 2.05) is 0 Å². The number of benzene rings is 1. The minimum atomic E-state index is -1.14. The first-order chi connectivity index (χ1) is 9.43. The van der Waals surface area contributed by atoms with Gasteiger partial charge in [0.1, 0.15) is 17.0 Å². The van der Waals surface area contributed by atoms with Crippen molar-refractivity contribution in [2.75, 3.05) is 0 Å². The number of nitrogens with zero attached hydrogens (tertiary/aromatic N) is 2. The predicted molar refractivity (Wildman–Crippen MR) is 67.1 cm³/mol. The zero-order chi connectivity index (χ0) is 14.9. The number of phenols is 1. The summed E-state index contributed by atoms with van der Waals surface area (Å²) in [4.78, 5) is 24.6. The molecular weight excluding hydrogens is 272 g/mol. The lowest BCUT2D eigenvalue weighted by Crippen LogP contribution is -2.28. The van der Waals surface area contributed by atoms with Crippen LogP contribution < -0.4 is 16.4 Å². The summed E-state index contributed by atoms with van der Waals surface area (Å²) in [6.07, 6.45) is 2.09. The van der Waals surface area contributed by atoms with Gasteiger partial charge in [-0.15, -0.1) is 4.91 Å². The van der Waals surface area contributed by atoms with Crippen molar-refractivity contribution in [1.82, 2.24) is 9.55 Å². The molecule has 0 amide bonds. The van der Waals surface area contributed by atoms with Gasteiger partial charge in [-0.1, -0.05) is 0 Å². The van der Waals surface area contributed by atoms with Gasteiger partial charge in [0.15, 0.2) is 17.4 Å². The smallest absolute Gasteiger partial charge is 0.275 e. The summed E-state index contributed by atoms with van der Waals surface area (Å²) < 4.78 is 27.5. The van der Waals surface area contributed by atoms with E-state index in [4.69, 9.17) is 5.11 Å². The van der Waals surface area contributed by atoms with Crippen molar-refractivity contribution >= 4 is 12.3 Å². The van der Waals surface area contributed by atoms with E-state index >= 15 is 0 Å². The van der Waals surface area contributed by atoms with Gasteiger partial charge in [-0.2, -0.15) is 0 Å². The maximum Gasteiger partial charge on any atom is 0.275 e. The average Bonchev–Trinajstić information content (AvgIpc) is 2.65. The Morgan fingerprint density at radius 3 is 2.50 bits per heavy atom. The van der Waals surface area contributed by atoms with Crippen LogP contribution in [-0.2, 0) is 7.05 Å².